The number of halogens is 4. The number of hydrogen-bond donors (Lipinski definition) is 2. The van der Waals surface area contributed by atoms with Crippen LogP contribution in [0.15, 0.2) is 34.6 Å². The third kappa shape index (κ3) is 10.6. The third-order valence-corrected chi connectivity index (χ3v) is 4.81. The van der Waals surface area contributed by atoms with Crippen molar-refractivity contribution in [2.45, 2.75) is 59.0 Å². The fourth-order valence-corrected chi connectivity index (χ4v) is 3.28. The zero-order chi connectivity index (χ0) is 22.2. The van der Waals surface area contributed by atoms with Crippen molar-refractivity contribution in [2.24, 2.45) is 4.99 Å². The minimum atomic E-state index is -4.40. The van der Waals surface area contributed by atoms with E-state index in [0.29, 0.717) is 43.6 Å². The summed E-state index contributed by atoms with van der Waals surface area (Å²) < 4.78 is 43.7. The molecule has 0 unspecified atom stereocenters. The Bertz CT molecular complexity index is 835. The van der Waals surface area contributed by atoms with E-state index in [1.165, 1.54) is 0 Å². The SMILES string of the molecule is CCNC(=NCc1cccc(COC(C)(C)C)c1)NCCc1nc(C(F)(F)F)cs1.I. The number of guanidine groups is 1. The van der Waals surface area contributed by atoms with E-state index in [0.717, 1.165) is 27.8 Å². The zero-order valence-corrected chi connectivity index (χ0v) is 21.3. The molecule has 1 heterocycles. The van der Waals surface area contributed by atoms with Crippen molar-refractivity contribution >= 4 is 41.3 Å². The molecule has 1 aromatic carbocycles. The average Bonchev–Trinajstić information content (AvgIpc) is 3.14. The topological polar surface area (TPSA) is 58.5 Å². The predicted octanol–water partition coefficient (Wildman–Crippen LogP) is 5.39. The monoisotopic (exact) mass is 570 g/mol. The number of nitrogens with zero attached hydrogens (tertiary/aromatic N) is 2. The van der Waals surface area contributed by atoms with E-state index in [2.05, 4.69) is 26.7 Å². The first-order chi connectivity index (χ1) is 14.1. The number of alkyl halides is 3. The second kappa shape index (κ2) is 12.6. The van der Waals surface area contributed by atoms with Crippen molar-refractivity contribution < 1.29 is 17.9 Å². The summed E-state index contributed by atoms with van der Waals surface area (Å²) in [5.41, 5.74) is 1.10. The van der Waals surface area contributed by atoms with Gasteiger partial charge in [0.15, 0.2) is 11.7 Å². The Hall–Kier alpha value is -1.40. The summed E-state index contributed by atoms with van der Waals surface area (Å²) in [7, 11) is 0. The average molecular weight is 570 g/mol. The molecule has 0 bridgehead atoms. The van der Waals surface area contributed by atoms with Gasteiger partial charge in [-0.3, -0.25) is 0 Å². The number of aromatic nitrogens is 1. The number of aliphatic imine (C=N–C) groups is 1. The third-order valence-electron chi connectivity index (χ3n) is 3.90. The Labute approximate surface area is 202 Å². The Kier molecular flexibility index (Phi) is 11.2. The lowest BCUT2D eigenvalue weighted by Gasteiger charge is -2.19. The van der Waals surface area contributed by atoms with Gasteiger partial charge in [0.25, 0.3) is 0 Å². The molecule has 174 valence electrons. The molecule has 31 heavy (non-hydrogen) atoms. The maximum atomic E-state index is 12.6. The van der Waals surface area contributed by atoms with Crippen molar-refractivity contribution in [3.05, 3.63) is 51.5 Å². The Morgan fingerprint density at radius 3 is 2.48 bits per heavy atom. The van der Waals surface area contributed by atoms with Crippen LogP contribution in [0, 0.1) is 0 Å². The molecule has 0 saturated heterocycles. The summed E-state index contributed by atoms with van der Waals surface area (Å²) in [5, 5.41) is 7.78. The first kappa shape index (κ1) is 27.6. The normalized spacial score (nSPS) is 12.4. The molecule has 2 N–H and O–H groups in total. The van der Waals surface area contributed by atoms with E-state index in [-0.39, 0.29) is 29.6 Å². The summed E-state index contributed by atoms with van der Waals surface area (Å²) in [6.07, 6.45) is -4.00. The second-order valence-corrected chi connectivity index (χ2v) is 8.66. The van der Waals surface area contributed by atoms with Gasteiger partial charge >= 0.3 is 6.18 Å². The number of nitrogens with one attached hydrogen (secondary N) is 2. The maximum Gasteiger partial charge on any atom is 0.434 e. The molecule has 0 aliphatic carbocycles. The first-order valence-corrected chi connectivity index (χ1v) is 10.7. The molecule has 10 heteroatoms. The highest BCUT2D eigenvalue weighted by Gasteiger charge is 2.33. The predicted molar refractivity (Wildman–Crippen MR) is 130 cm³/mol. The highest BCUT2D eigenvalue weighted by molar-refractivity contribution is 14.0. The molecule has 0 atom stereocenters. The summed E-state index contributed by atoms with van der Waals surface area (Å²) in [5.74, 6) is 0.612. The zero-order valence-electron chi connectivity index (χ0n) is 18.2. The summed E-state index contributed by atoms with van der Waals surface area (Å²) in [6, 6.07) is 8.06. The first-order valence-electron chi connectivity index (χ1n) is 9.82. The quantitative estimate of drug-likeness (QED) is 0.254. The van der Waals surface area contributed by atoms with E-state index in [1.54, 1.807) is 0 Å². The van der Waals surface area contributed by atoms with Crippen molar-refractivity contribution in [1.29, 1.82) is 0 Å². The summed E-state index contributed by atoms with van der Waals surface area (Å²) in [6.45, 7) is 10.2. The minimum absolute atomic E-state index is 0. The summed E-state index contributed by atoms with van der Waals surface area (Å²) >= 11 is 1.02. The van der Waals surface area contributed by atoms with E-state index < -0.39 is 11.9 Å². The van der Waals surface area contributed by atoms with Gasteiger partial charge in [0.1, 0.15) is 0 Å². The Morgan fingerprint density at radius 1 is 1.16 bits per heavy atom. The lowest BCUT2D eigenvalue weighted by Crippen LogP contribution is -2.38. The van der Waals surface area contributed by atoms with Gasteiger partial charge in [-0.2, -0.15) is 13.2 Å². The van der Waals surface area contributed by atoms with Crippen LogP contribution in [0.4, 0.5) is 13.2 Å². The highest BCUT2D eigenvalue weighted by Crippen LogP contribution is 2.30. The van der Waals surface area contributed by atoms with E-state index >= 15 is 0 Å². The molecule has 0 amide bonds. The highest BCUT2D eigenvalue weighted by atomic mass is 127. The van der Waals surface area contributed by atoms with Crippen LogP contribution in [0.25, 0.3) is 0 Å². The molecule has 0 aliphatic rings. The van der Waals surface area contributed by atoms with Crippen LogP contribution < -0.4 is 10.6 Å². The van der Waals surface area contributed by atoms with Crippen LogP contribution in [-0.2, 0) is 30.5 Å². The van der Waals surface area contributed by atoms with Crippen LogP contribution in [0.1, 0.15) is 49.5 Å². The molecule has 0 saturated carbocycles. The van der Waals surface area contributed by atoms with Gasteiger partial charge in [0, 0.05) is 24.9 Å². The Morgan fingerprint density at radius 2 is 1.87 bits per heavy atom. The van der Waals surface area contributed by atoms with Crippen molar-refractivity contribution in [3.63, 3.8) is 0 Å². The number of rotatable bonds is 8. The maximum absolute atomic E-state index is 12.6. The molecule has 0 spiro atoms. The van der Waals surface area contributed by atoms with Gasteiger partial charge in [0.2, 0.25) is 0 Å². The lowest BCUT2D eigenvalue weighted by atomic mass is 10.1. The van der Waals surface area contributed by atoms with Crippen molar-refractivity contribution in [2.75, 3.05) is 13.1 Å². The molecule has 5 nitrogen and oxygen atoms in total. The van der Waals surface area contributed by atoms with E-state index in [4.69, 9.17) is 4.74 Å². The van der Waals surface area contributed by atoms with Crippen molar-refractivity contribution in [3.8, 4) is 0 Å². The standard InChI is InChI=1S/C21H29F3N4OS.HI/c1-5-25-19(26-10-9-18-28-17(14-30-18)21(22,23)24)27-12-15-7-6-8-16(11-15)13-29-20(2,3)4;/h6-8,11,14H,5,9-10,12-13H2,1-4H3,(H2,25,26,27);1H. The van der Waals surface area contributed by atoms with Crippen molar-refractivity contribution in [1.82, 2.24) is 15.6 Å². The molecule has 0 aliphatic heterocycles. The fourth-order valence-electron chi connectivity index (χ4n) is 2.47. The van der Waals surface area contributed by atoms with Gasteiger partial charge in [-0.1, -0.05) is 24.3 Å². The van der Waals surface area contributed by atoms with Gasteiger partial charge in [-0.15, -0.1) is 35.3 Å². The fraction of sp³-hybridized carbons (Fsp3) is 0.524. The largest absolute Gasteiger partial charge is 0.434 e. The molecule has 1 aromatic heterocycles. The molecule has 0 radical (unpaired) electrons. The van der Waals surface area contributed by atoms with Crippen LogP contribution in [-0.4, -0.2) is 29.6 Å². The van der Waals surface area contributed by atoms with Crippen LogP contribution in [0.2, 0.25) is 0 Å². The van der Waals surface area contributed by atoms with Crippen LogP contribution in [0.3, 0.4) is 0 Å². The number of benzene rings is 1. The smallest absolute Gasteiger partial charge is 0.371 e. The van der Waals surface area contributed by atoms with Crippen LogP contribution >= 0.6 is 35.3 Å². The minimum Gasteiger partial charge on any atom is -0.371 e. The van der Waals surface area contributed by atoms with Gasteiger partial charge in [0.05, 0.1) is 23.8 Å². The second-order valence-electron chi connectivity index (χ2n) is 7.72. The van der Waals surface area contributed by atoms with E-state index in [1.807, 2.05) is 45.9 Å². The van der Waals surface area contributed by atoms with Gasteiger partial charge in [-0.05, 0) is 38.8 Å². The molecule has 2 aromatic rings. The molecular weight excluding hydrogens is 540 g/mol. The molecule has 0 fully saturated rings. The molecular formula is C21H30F3IN4OS. The van der Waals surface area contributed by atoms with E-state index in [9.17, 15) is 13.2 Å². The molecule has 2 rings (SSSR count). The Balaban J connectivity index is 0.00000480. The van der Waals surface area contributed by atoms with Gasteiger partial charge in [-0.25, -0.2) is 9.98 Å². The number of ether oxygens (including phenoxy) is 1. The lowest BCUT2D eigenvalue weighted by molar-refractivity contribution is -0.140. The number of hydrogen-bond acceptors (Lipinski definition) is 4. The van der Waals surface area contributed by atoms with Crippen LogP contribution in [0.5, 0.6) is 0 Å². The van der Waals surface area contributed by atoms with Gasteiger partial charge < -0.3 is 15.4 Å². The summed E-state index contributed by atoms with van der Waals surface area (Å²) in [4.78, 5) is 8.21. The number of thiazole rings is 1.